The van der Waals surface area contributed by atoms with Gasteiger partial charge in [-0.1, -0.05) is 37.3 Å². The minimum absolute atomic E-state index is 0.0148. The topological polar surface area (TPSA) is 64.0 Å². The van der Waals surface area contributed by atoms with Crippen molar-refractivity contribution in [3.05, 3.63) is 64.0 Å². The normalized spacial score (nSPS) is 12.2. The van der Waals surface area contributed by atoms with Gasteiger partial charge in [-0.3, -0.25) is 14.2 Å². The molecule has 1 atom stereocenters. The summed E-state index contributed by atoms with van der Waals surface area (Å²) in [5.41, 5.74) is 0.994. The van der Waals surface area contributed by atoms with Gasteiger partial charge in [-0.2, -0.15) is 0 Å². The third-order valence-electron chi connectivity index (χ3n) is 3.74. The minimum Gasteiger partial charge on any atom is -0.354 e. The van der Waals surface area contributed by atoms with Crippen LogP contribution in [-0.4, -0.2) is 22.0 Å². The molecule has 3 rings (SSSR count). The molecule has 0 aliphatic heterocycles. The van der Waals surface area contributed by atoms with Crippen LogP contribution in [0.25, 0.3) is 10.2 Å². The lowest BCUT2D eigenvalue weighted by atomic mass is 10.0. The molecule has 0 fully saturated rings. The van der Waals surface area contributed by atoms with E-state index >= 15 is 0 Å². The molecule has 5 nitrogen and oxygen atoms in total. The summed E-state index contributed by atoms with van der Waals surface area (Å²) in [6.07, 6.45) is 1.43. The van der Waals surface area contributed by atoms with Gasteiger partial charge in [0, 0.05) is 6.54 Å². The third-order valence-corrected chi connectivity index (χ3v) is 4.56. The highest BCUT2D eigenvalue weighted by Crippen LogP contribution is 2.14. The average Bonchev–Trinajstić information content (AvgIpc) is 3.05. The summed E-state index contributed by atoms with van der Waals surface area (Å²) in [5, 5.41) is 5.26. The fourth-order valence-corrected chi connectivity index (χ4v) is 3.11. The molecule has 3 aromatic rings. The molecule has 0 radical (unpaired) electrons. The monoisotopic (exact) mass is 327 g/mol. The second-order valence-electron chi connectivity index (χ2n) is 5.43. The number of nitrogens with one attached hydrogen (secondary N) is 1. The molecule has 1 N–H and O–H groups in total. The van der Waals surface area contributed by atoms with Gasteiger partial charge in [0.1, 0.15) is 11.4 Å². The van der Waals surface area contributed by atoms with E-state index in [1.807, 2.05) is 35.7 Å². The van der Waals surface area contributed by atoms with E-state index in [2.05, 4.69) is 17.2 Å². The molecule has 2 aromatic heterocycles. The van der Waals surface area contributed by atoms with Crippen molar-refractivity contribution in [2.24, 2.45) is 0 Å². The number of rotatable bonds is 5. The highest BCUT2D eigenvalue weighted by atomic mass is 32.1. The first-order valence-electron chi connectivity index (χ1n) is 7.39. The van der Waals surface area contributed by atoms with Gasteiger partial charge in [-0.25, -0.2) is 4.98 Å². The number of nitrogens with zero attached hydrogens (tertiary/aromatic N) is 2. The largest absolute Gasteiger partial charge is 0.354 e. The quantitative estimate of drug-likeness (QED) is 0.782. The Morgan fingerprint density at radius 3 is 2.87 bits per heavy atom. The molecular formula is C17H17N3O2S. The molecule has 0 saturated carbocycles. The van der Waals surface area contributed by atoms with Crippen molar-refractivity contribution in [1.29, 1.82) is 0 Å². The van der Waals surface area contributed by atoms with Crippen molar-refractivity contribution in [3.8, 4) is 0 Å². The second-order valence-corrected chi connectivity index (χ2v) is 6.33. The molecule has 1 amide bonds. The van der Waals surface area contributed by atoms with E-state index in [4.69, 9.17) is 0 Å². The first-order chi connectivity index (χ1) is 11.1. The molecule has 0 spiro atoms. The van der Waals surface area contributed by atoms with Crippen LogP contribution in [-0.2, 0) is 11.3 Å². The van der Waals surface area contributed by atoms with E-state index in [-0.39, 0.29) is 23.9 Å². The number of benzene rings is 1. The van der Waals surface area contributed by atoms with Crippen LogP contribution in [0.15, 0.2) is 52.9 Å². The number of thiophene rings is 1. The van der Waals surface area contributed by atoms with Crippen LogP contribution in [0.3, 0.4) is 0 Å². The second kappa shape index (κ2) is 6.75. The van der Waals surface area contributed by atoms with Gasteiger partial charge in [-0.15, -0.1) is 11.3 Å². The van der Waals surface area contributed by atoms with Crippen LogP contribution >= 0.6 is 11.3 Å². The number of hydrogen-bond donors (Lipinski definition) is 1. The average molecular weight is 327 g/mol. The smallest absolute Gasteiger partial charge is 0.262 e. The SMILES string of the molecule is CC(CNC(=O)Cn1cnc2sccc2c1=O)c1ccccc1. The van der Waals surface area contributed by atoms with Crippen LogP contribution in [0.5, 0.6) is 0 Å². The number of carbonyl (C=O) groups excluding carboxylic acids is 1. The zero-order chi connectivity index (χ0) is 16.2. The van der Waals surface area contributed by atoms with Crippen molar-refractivity contribution in [2.45, 2.75) is 19.4 Å². The molecule has 118 valence electrons. The lowest BCUT2D eigenvalue weighted by molar-refractivity contribution is -0.121. The Labute approximate surface area is 137 Å². The summed E-state index contributed by atoms with van der Waals surface area (Å²) in [5.74, 6) is 0.0283. The highest BCUT2D eigenvalue weighted by Gasteiger charge is 2.10. The fourth-order valence-electron chi connectivity index (χ4n) is 2.38. The summed E-state index contributed by atoms with van der Waals surface area (Å²) in [7, 11) is 0. The Morgan fingerprint density at radius 1 is 1.30 bits per heavy atom. The maximum atomic E-state index is 12.2. The summed E-state index contributed by atoms with van der Waals surface area (Å²) in [6.45, 7) is 2.58. The standard InChI is InChI=1S/C17H17N3O2S/c1-12(13-5-3-2-4-6-13)9-18-15(21)10-20-11-19-16-14(17(20)22)7-8-23-16/h2-8,11-12H,9-10H2,1H3,(H,18,21). The van der Waals surface area contributed by atoms with Crippen molar-refractivity contribution in [2.75, 3.05) is 6.54 Å². The molecule has 0 bridgehead atoms. The van der Waals surface area contributed by atoms with Crippen molar-refractivity contribution in [3.63, 3.8) is 0 Å². The Bertz CT molecular complexity index is 870. The maximum Gasteiger partial charge on any atom is 0.262 e. The maximum absolute atomic E-state index is 12.2. The highest BCUT2D eigenvalue weighted by molar-refractivity contribution is 7.16. The van der Waals surface area contributed by atoms with E-state index in [1.165, 1.54) is 27.8 Å². The summed E-state index contributed by atoms with van der Waals surface area (Å²) < 4.78 is 1.34. The molecule has 0 saturated heterocycles. The first-order valence-corrected chi connectivity index (χ1v) is 8.27. The van der Waals surface area contributed by atoms with Crippen molar-refractivity contribution < 1.29 is 4.79 Å². The molecular weight excluding hydrogens is 310 g/mol. The van der Waals surface area contributed by atoms with Gasteiger partial charge in [-0.05, 0) is 22.9 Å². The number of fused-ring (bicyclic) bond motifs is 1. The summed E-state index contributed by atoms with van der Waals surface area (Å²) >= 11 is 1.42. The predicted molar refractivity (Wildman–Crippen MR) is 91.7 cm³/mol. The summed E-state index contributed by atoms with van der Waals surface area (Å²) in [4.78, 5) is 29.2. The Kier molecular flexibility index (Phi) is 4.52. The summed E-state index contributed by atoms with van der Waals surface area (Å²) in [6, 6.07) is 11.7. The van der Waals surface area contributed by atoms with Gasteiger partial charge in [0.2, 0.25) is 5.91 Å². The Hall–Kier alpha value is -2.47. The van der Waals surface area contributed by atoms with Crippen LogP contribution in [0.1, 0.15) is 18.4 Å². The molecule has 6 heteroatoms. The molecule has 23 heavy (non-hydrogen) atoms. The molecule has 2 heterocycles. The Morgan fingerprint density at radius 2 is 2.09 bits per heavy atom. The van der Waals surface area contributed by atoms with Gasteiger partial charge in [0.25, 0.3) is 5.56 Å². The van der Waals surface area contributed by atoms with E-state index in [1.54, 1.807) is 6.07 Å². The van der Waals surface area contributed by atoms with E-state index in [9.17, 15) is 9.59 Å². The lowest BCUT2D eigenvalue weighted by Gasteiger charge is -2.13. The van der Waals surface area contributed by atoms with Crippen molar-refractivity contribution in [1.82, 2.24) is 14.9 Å². The van der Waals surface area contributed by atoms with Crippen LogP contribution in [0.2, 0.25) is 0 Å². The van der Waals surface area contributed by atoms with Gasteiger partial charge < -0.3 is 5.32 Å². The fraction of sp³-hybridized carbons (Fsp3) is 0.235. The van der Waals surface area contributed by atoms with E-state index in [0.717, 1.165) is 0 Å². The Balaban J connectivity index is 1.62. The lowest BCUT2D eigenvalue weighted by Crippen LogP contribution is -2.34. The van der Waals surface area contributed by atoms with Crippen molar-refractivity contribution >= 4 is 27.5 Å². The zero-order valence-electron chi connectivity index (χ0n) is 12.7. The van der Waals surface area contributed by atoms with E-state index in [0.29, 0.717) is 16.8 Å². The molecule has 0 aliphatic carbocycles. The predicted octanol–water partition coefficient (Wildman–Crippen LogP) is 2.38. The van der Waals surface area contributed by atoms with Crippen LogP contribution in [0.4, 0.5) is 0 Å². The van der Waals surface area contributed by atoms with Crippen LogP contribution < -0.4 is 10.9 Å². The van der Waals surface area contributed by atoms with Gasteiger partial charge >= 0.3 is 0 Å². The van der Waals surface area contributed by atoms with Gasteiger partial charge in [0.15, 0.2) is 0 Å². The van der Waals surface area contributed by atoms with E-state index < -0.39 is 0 Å². The number of amides is 1. The number of hydrogen-bond acceptors (Lipinski definition) is 4. The molecule has 0 aliphatic rings. The third kappa shape index (κ3) is 3.48. The zero-order valence-corrected chi connectivity index (χ0v) is 13.5. The minimum atomic E-state index is -0.189. The molecule has 1 aromatic carbocycles. The van der Waals surface area contributed by atoms with Gasteiger partial charge in [0.05, 0.1) is 11.7 Å². The number of carbonyl (C=O) groups is 1. The van der Waals surface area contributed by atoms with Crippen LogP contribution in [0, 0.1) is 0 Å². The number of aromatic nitrogens is 2. The first kappa shape index (κ1) is 15.4. The molecule has 1 unspecified atom stereocenters.